The van der Waals surface area contributed by atoms with Crippen LogP contribution in [0.5, 0.6) is 11.5 Å². The molecule has 0 aliphatic carbocycles. The summed E-state index contributed by atoms with van der Waals surface area (Å²) in [4.78, 5) is 12.6. The lowest BCUT2D eigenvalue weighted by atomic mass is 10.1. The molecule has 1 atom stereocenters. The highest BCUT2D eigenvalue weighted by Crippen LogP contribution is 2.36. The third-order valence-corrected chi connectivity index (χ3v) is 7.11. The maximum atomic E-state index is 12.7. The molecular formula is C25H27ClN2O5S. The van der Waals surface area contributed by atoms with Gasteiger partial charge >= 0.3 is 0 Å². The molecule has 0 heterocycles. The molecule has 34 heavy (non-hydrogen) atoms. The number of carbonyl (C=O) groups is 1. The number of nitrogens with one attached hydrogen (secondary N) is 2. The minimum Gasteiger partial charge on any atom is -0.495 e. The van der Waals surface area contributed by atoms with Gasteiger partial charge in [0, 0.05) is 24.6 Å². The van der Waals surface area contributed by atoms with Crippen molar-refractivity contribution in [3.05, 3.63) is 82.9 Å². The Morgan fingerprint density at radius 2 is 1.62 bits per heavy atom. The molecule has 2 N–H and O–H groups in total. The average Bonchev–Trinajstić information content (AvgIpc) is 2.84. The fourth-order valence-electron chi connectivity index (χ4n) is 3.37. The largest absolute Gasteiger partial charge is 0.495 e. The molecule has 0 saturated heterocycles. The van der Waals surface area contributed by atoms with Crippen LogP contribution in [-0.2, 0) is 21.2 Å². The van der Waals surface area contributed by atoms with E-state index in [9.17, 15) is 13.2 Å². The van der Waals surface area contributed by atoms with E-state index >= 15 is 0 Å². The van der Waals surface area contributed by atoms with Crippen LogP contribution in [0.3, 0.4) is 0 Å². The summed E-state index contributed by atoms with van der Waals surface area (Å²) in [5, 5.41) is 3.17. The van der Waals surface area contributed by atoms with Crippen molar-refractivity contribution in [1.82, 2.24) is 4.72 Å². The average molecular weight is 503 g/mol. The van der Waals surface area contributed by atoms with Crippen molar-refractivity contribution in [2.24, 2.45) is 0 Å². The van der Waals surface area contributed by atoms with E-state index in [4.69, 9.17) is 21.1 Å². The molecule has 180 valence electrons. The second-order valence-electron chi connectivity index (χ2n) is 7.63. The minimum absolute atomic E-state index is 0.168. The van der Waals surface area contributed by atoms with E-state index in [1.165, 1.54) is 14.2 Å². The Kier molecular flexibility index (Phi) is 8.55. The van der Waals surface area contributed by atoms with E-state index in [0.717, 1.165) is 11.1 Å². The first kappa shape index (κ1) is 25.6. The summed E-state index contributed by atoms with van der Waals surface area (Å²) in [6.45, 7) is 1.80. The Morgan fingerprint density at radius 3 is 2.24 bits per heavy atom. The maximum absolute atomic E-state index is 12.7. The summed E-state index contributed by atoms with van der Waals surface area (Å²) in [5.74, 6) is 0.619. The van der Waals surface area contributed by atoms with Crippen LogP contribution < -0.4 is 19.5 Å². The number of hydrogen-bond donors (Lipinski definition) is 2. The molecule has 0 unspecified atom stereocenters. The predicted octanol–water partition coefficient (Wildman–Crippen LogP) is 4.97. The van der Waals surface area contributed by atoms with Crippen molar-refractivity contribution in [2.75, 3.05) is 19.5 Å². The lowest BCUT2D eigenvalue weighted by Crippen LogP contribution is -2.26. The Labute approximate surface area is 205 Å². The van der Waals surface area contributed by atoms with Gasteiger partial charge < -0.3 is 14.8 Å². The Balaban J connectivity index is 1.60. The predicted molar refractivity (Wildman–Crippen MR) is 133 cm³/mol. The molecule has 0 radical (unpaired) electrons. The van der Waals surface area contributed by atoms with Gasteiger partial charge in [-0.15, -0.1) is 0 Å². The summed E-state index contributed by atoms with van der Waals surface area (Å²) in [7, 11) is -0.708. The maximum Gasteiger partial charge on any atom is 0.241 e. The summed E-state index contributed by atoms with van der Waals surface area (Å²) >= 11 is 6.10. The number of aryl methyl sites for hydroxylation is 1. The third kappa shape index (κ3) is 6.50. The van der Waals surface area contributed by atoms with Crippen LogP contribution in [0.15, 0.2) is 71.6 Å². The van der Waals surface area contributed by atoms with Crippen LogP contribution in [0.1, 0.15) is 30.5 Å². The van der Waals surface area contributed by atoms with E-state index in [2.05, 4.69) is 10.0 Å². The number of rotatable bonds is 10. The standard InChI is InChI=1S/C25H27ClN2O5S/c1-17(19-7-5-4-6-8-19)28-34(30,31)20-12-9-18(10-13-20)11-14-25(29)27-22-16-23(32-2)21(26)15-24(22)33-3/h4-10,12-13,15-17,28H,11,14H2,1-3H3,(H,27,29)/t17-/m0/s1. The smallest absolute Gasteiger partial charge is 0.241 e. The van der Waals surface area contributed by atoms with Gasteiger partial charge in [-0.1, -0.05) is 54.1 Å². The van der Waals surface area contributed by atoms with Crippen LogP contribution in [0, 0.1) is 0 Å². The highest BCUT2D eigenvalue weighted by Gasteiger charge is 2.18. The van der Waals surface area contributed by atoms with Crippen LogP contribution in [0.25, 0.3) is 0 Å². The lowest BCUT2D eigenvalue weighted by molar-refractivity contribution is -0.116. The summed E-state index contributed by atoms with van der Waals surface area (Å²) in [6.07, 6.45) is 0.635. The normalized spacial score (nSPS) is 12.1. The highest BCUT2D eigenvalue weighted by molar-refractivity contribution is 7.89. The molecule has 1 amide bonds. The number of amides is 1. The van der Waals surface area contributed by atoms with Gasteiger partial charge in [-0.2, -0.15) is 0 Å². The van der Waals surface area contributed by atoms with Gasteiger partial charge in [0.1, 0.15) is 11.5 Å². The first-order valence-corrected chi connectivity index (χ1v) is 12.5. The molecule has 0 spiro atoms. The van der Waals surface area contributed by atoms with Gasteiger partial charge in [-0.05, 0) is 36.6 Å². The van der Waals surface area contributed by atoms with Crippen LogP contribution >= 0.6 is 11.6 Å². The van der Waals surface area contributed by atoms with Crippen molar-refractivity contribution in [3.63, 3.8) is 0 Å². The molecule has 3 rings (SSSR count). The Hall–Kier alpha value is -3.07. The number of hydrogen-bond acceptors (Lipinski definition) is 5. The second-order valence-corrected chi connectivity index (χ2v) is 9.75. The zero-order valence-corrected chi connectivity index (χ0v) is 20.7. The van der Waals surface area contributed by atoms with Gasteiger partial charge in [0.25, 0.3) is 0 Å². The van der Waals surface area contributed by atoms with Crippen molar-refractivity contribution in [2.45, 2.75) is 30.7 Å². The highest BCUT2D eigenvalue weighted by atomic mass is 35.5. The molecule has 0 saturated carbocycles. The zero-order chi connectivity index (χ0) is 24.7. The quantitative estimate of drug-likeness (QED) is 0.408. The van der Waals surface area contributed by atoms with Gasteiger partial charge in [0.05, 0.1) is 29.8 Å². The lowest BCUT2D eigenvalue weighted by Gasteiger charge is -2.15. The molecule has 0 aromatic heterocycles. The zero-order valence-electron chi connectivity index (χ0n) is 19.2. The van der Waals surface area contributed by atoms with Crippen LogP contribution in [0.2, 0.25) is 5.02 Å². The molecular weight excluding hydrogens is 476 g/mol. The van der Waals surface area contributed by atoms with E-state index in [0.29, 0.717) is 28.6 Å². The first-order valence-electron chi connectivity index (χ1n) is 10.6. The molecule has 0 bridgehead atoms. The van der Waals surface area contributed by atoms with Crippen LogP contribution in [-0.4, -0.2) is 28.5 Å². The molecule has 0 aliphatic rings. The summed E-state index contributed by atoms with van der Waals surface area (Å²) in [5.41, 5.74) is 2.17. The number of halogens is 1. The fourth-order valence-corrected chi connectivity index (χ4v) is 4.84. The van der Waals surface area contributed by atoms with Crippen LogP contribution in [0.4, 0.5) is 5.69 Å². The number of carbonyl (C=O) groups excluding carboxylic acids is 1. The molecule has 7 nitrogen and oxygen atoms in total. The third-order valence-electron chi connectivity index (χ3n) is 5.25. The number of sulfonamides is 1. The van der Waals surface area contributed by atoms with Crippen molar-refractivity contribution in [3.8, 4) is 11.5 Å². The summed E-state index contributed by atoms with van der Waals surface area (Å²) in [6, 6.07) is 18.7. The molecule has 9 heteroatoms. The molecule has 3 aromatic carbocycles. The van der Waals surface area contributed by atoms with Gasteiger partial charge in [0.2, 0.25) is 15.9 Å². The fraction of sp³-hybridized carbons (Fsp3) is 0.240. The minimum atomic E-state index is -3.68. The molecule has 0 fully saturated rings. The number of benzene rings is 3. The van der Waals surface area contributed by atoms with Crippen molar-refractivity contribution >= 4 is 33.2 Å². The Morgan fingerprint density at radius 1 is 0.971 bits per heavy atom. The van der Waals surface area contributed by atoms with Gasteiger partial charge in [-0.3, -0.25) is 4.79 Å². The molecule has 0 aliphatic heterocycles. The van der Waals surface area contributed by atoms with E-state index in [1.54, 1.807) is 43.3 Å². The SMILES string of the molecule is COc1cc(NC(=O)CCc2ccc(S(=O)(=O)N[C@@H](C)c3ccccc3)cc2)c(OC)cc1Cl. The van der Waals surface area contributed by atoms with E-state index in [1.807, 2.05) is 30.3 Å². The monoisotopic (exact) mass is 502 g/mol. The Bertz CT molecular complexity index is 1230. The number of methoxy groups -OCH3 is 2. The van der Waals surface area contributed by atoms with Crippen molar-refractivity contribution in [1.29, 1.82) is 0 Å². The molecule has 3 aromatic rings. The van der Waals surface area contributed by atoms with E-state index in [-0.39, 0.29) is 23.3 Å². The van der Waals surface area contributed by atoms with Gasteiger partial charge in [-0.25, -0.2) is 13.1 Å². The van der Waals surface area contributed by atoms with Gasteiger partial charge in [0.15, 0.2) is 0 Å². The van der Waals surface area contributed by atoms with Crippen molar-refractivity contribution < 1.29 is 22.7 Å². The number of anilines is 1. The van der Waals surface area contributed by atoms with E-state index < -0.39 is 10.0 Å². The topological polar surface area (TPSA) is 93.7 Å². The number of ether oxygens (including phenoxy) is 2. The second kappa shape index (κ2) is 11.4. The summed E-state index contributed by atoms with van der Waals surface area (Å²) < 4.78 is 38.6. The first-order chi connectivity index (χ1) is 16.2.